The summed E-state index contributed by atoms with van der Waals surface area (Å²) in [5.41, 5.74) is -0.0294. The van der Waals surface area contributed by atoms with Crippen LogP contribution in [0.4, 0.5) is 0 Å². The SMILES string of the molecule is CCCC(C)(CO)CN(C)CC(C)O. The average Bonchev–Trinajstić information content (AvgIpc) is 2.02. The Bertz CT molecular complexity index is 150. The minimum Gasteiger partial charge on any atom is -0.396 e. The van der Waals surface area contributed by atoms with Crippen LogP contribution in [0.1, 0.15) is 33.6 Å². The molecule has 14 heavy (non-hydrogen) atoms. The number of rotatable bonds is 7. The van der Waals surface area contributed by atoms with Crippen molar-refractivity contribution in [1.82, 2.24) is 4.90 Å². The van der Waals surface area contributed by atoms with Crippen molar-refractivity contribution in [3.8, 4) is 0 Å². The zero-order valence-electron chi connectivity index (χ0n) is 9.95. The Morgan fingerprint density at radius 1 is 1.43 bits per heavy atom. The fourth-order valence-corrected chi connectivity index (χ4v) is 1.98. The van der Waals surface area contributed by atoms with Crippen LogP contribution in [0.5, 0.6) is 0 Å². The molecule has 0 heterocycles. The second-order valence-corrected chi connectivity index (χ2v) is 4.76. The number of hydrogen-bond acceptors (Lipinski definition) is 3. The van der Waals surface area contributed by atoms with E-state index in [9.17, 15) is 10.2 Å². The molecule has 0 fully saturated rings. The third-order valence-electron chi connectivity index (χ3n) is 2.46. The van der Waals surface area contributed by atoms with E-state index in [2.05, 4.69) is 18.7 Å². The van der Waals surface area contributed by atoms with Gasteiger partial charge in [-0.05, 0) is 20.4 Å². The van der Waals surface area contributed by atoms with Crippen molar-refractivity contribution >= 4 is 0 Å². The standard InChI is InChI=1S/C11H25NO2/c1-5-6-11(3,9-13)8-12(4)7-10(2)14/h10,13-14H,5-9H2,1-4H3. The first-order valence-electron chi connectivity index (χ1n) is 5.41. The van der Waals surface area contributed by atoms with E-state index in [1.165, 1.54) is 0 Å². The molecular weight excluding hydrogens is 178 g/mol. The van der Waals surface area contributed by atoms with Crippen molar-refractivity contribution in [2.24, 2.45) is 5.41 Å². The van der Waals surface area contributed by atoms with Gasteiger partial charge in [0.25, 0.3) is 0 Å². The van der Waals surface area contributed by atoms with E-state index >= 15 is 0 Å². The highest BCUT2D eigenvalue weighted by Gasteiger charge is 2.24. The lowest BCUT2D eigenvalue weighted by Crippen LogP contribution is -2.39. The predicted molar refractivity (Wildman–Crippen MR) is 59.3 cm³/mol. The van der Waals surface area contributed by atoms with E-state index in [1.54, 1.807) is 6.92 Å². The molecule has 0 saturated heterocycles. The quantitative estimate of drug-likeness (QED) is 0.651. The zero-order valence-corrected chi connectivity index (χ0v) is 9.95. The van der Waals surface area contributed by atoms with Crippen LogP contribution < -0.4 is 0 Å². The molecule has 0 saturated carbocycles. The van der Waals surface area contributed by atoms with Crippen LogP contribution >= 0.6 is 0 Å². The summed E-state index contributed by atoms with van der Waals surface area (Å²) in [7, 11) is 1.98. The Labute approximate surface area is 87.7 Å². The van der Waals surface area contributed by atoms with Crippen molar-refractivity contribution < 1.29 is 10.2 Å². The predicted octanol–water partition coefficient (Wildman–Crippen LogP) is 1.10. The number of likely N-dealkylation sites (N-methyl/N-ethyl adjacent to an activating group) is 1. The molecule has 2 atom stereocenters. The molecule has 0 radical (unpaired) electrons. The minimum atomic E-state index is -0.301. The van der Waals surface area contributed by atoms with Gasteiger partial charge in [0.2, 0.25) is 0 Å². The number of nitrogens with zero attached hydrogens (tertiary/aromatic N) is 1. The third kappa shape index (κ3) is 5.58. The topological polar surface area (TPSA) is 43.7 Å². The molecule has 3 heteroatoms. The summed E-state index contributed by atoms with van der Waals surface area (Å²) in [4.78, 5) is 2.08. The van der Waals surface area contributed by atoms with Crippen LogP contribution in [0.25, 0.3) is 0 Å². The zero-order chi connectivity index (χ0) is 11.2. The molecule has 2 unspecified atom stereocenters. The Hall–Kier alpha value is -0.120. The maximum atomic E-state index is 9.31. The van der Waals surface area contributed by atoms with Crippen LogP contribution in [0.2, 0.25) is 0 Å². The van der Waals surface area contributed by atoms with E-state index in [4.69, 9.17) is 0 Å². The minimum absolute atomic E-state index is 0.0294. The largest absolute Gasteiger partial charge is 0.396 e. The molecule has 0 aliphatic carbocycles. The normalized spacial score (nSPS) is 18.2. The van der Waals surface area contributed by atoms with E-state index < -0.39 is 0 Å². The molecule has 0 aliphatic rings. The van der Waals surface area contributed by atoms with E-state index in [1.807, 2.05) is 7.05 Å². The first kappa shape index (κ1) is 13.9. The number of aliphatic hydroxyl groups excluding tert-OH is 2. The van der Waals surface area contributed by atoms with Crippen molar-refractivity contribution in [2.45, 2.75) is 39.7 Å². The summed E-state index contributed by atoms with van der Waals surface area (Å²) in [6, 6.07) is 0. The summed E-state index contributed by atoms with van der Waals surface area (Å²) >= 11 is 0. The molecule has 0 aromatic heterocycles. The fourth-order valence-electron chi connectivity index (χ4n) is 1.98. The molecule has 0 spiro atoms. The van der Waals surface area contributed by atoms with Gasteiger partial charge in [-0.25, -0.2) is 0 Å². The molecule has 3 nitrogen and oxygen atoms in total. The Kier molecular flexibility index (Phi) is 6.33. The third-order valence-corrected chi connectivity index (χ3v) is 2.46. The second-order valence-electron chi connectivity index (χ2n) is 4.76. The highest BCUT2D eigenvalue weighted by molar-refractivity contribution is 4.76. The van der Waals surface area contributed by atoms with Crippen molar-refractivity contribution in [3.63, 3.8) is 0 Å². The smallest absolute Gasteiger partial charge is 0.0638 e. The highest BCUT2D eigenvalue weighted by Crippen LogP contribution is 2.23. The van der Waals surface area contributed by atoms with Gasteiger partial charge in [-0.1, -0.05) is 20.3 Å². The van der Waals surface area contributed by atoms with E-state index in [0.29, 0.717) is 6.54 Å². The van der Waals surface area contributed by atoms with Gasteiger partial charge in [-0.2, -0.15) is 0 Å². The van der Waals surface area contributed by atoms with Crippen molar-refractivity contribution in [3.05, 3.63) is 0 Å². The average molecular weight is 203 g/mol. The highest BCUT2D eigenvalue weighted by atomic mass is 16.3. The van der Waals surface area contributed by atoms with Gasteiger partial charge < -0.3 is 15.1 Å². The molecular formula is C11H25NO2. The lowest BCUT2D eigenvalue weighted by molar-refractivity contribution is 0.0672. The van der Waals surface area contributed by atoms with Crippen LogP contribution in [0.3, 0.4) is 0 Å². The molecule has 0 aliphatic heterocycles. The summed E-state index contributed by atoms with van der Waals surface area (Å²) in [6.45, 7) is 7.72. The van der Waals surface area contributed by atoms with Crippen LogP contribution in [-0.2, 0) is 0 Å². The summed E-state index contributed by atoms with van der Waals surface area (Å²) in [6.07, 6.45) is 1.80. The van der Waals surface area contributed by atoms with Gasteiger partial charge >= 0.3 is 0 Å². The summed E-state index contributed by atoms with van der Waals surface area (Å²) in [5, 5.41) is 18.5. The second kappa shape index (κ2) is 6.38. The maximum Gasteiger partial charge on any atom is 0.0638 e. The molecule has 0 rings (SSSR count). The molecule has 0 amide bonds. The van der Waals surface area contributed by atoms with Crippen LogP contribution in [-0.4, -0.2) is 48.0 Å². The maximum absolute atomic E-state index is 9.31. The van der Waals surface area contributed by atoms with Gasteiger partial charge in [0.15, 0.2) is 0 Å². The van der Waals surface area contributed by atoms with Gasteiger partial charge in [-0.15, -0.1) is 0 Å². The van der Waals surface area contributed by atoms with Gasteiger partial charge in [0.1, 0.15) is 0 Å². The Morgan fingerprint density at radius 2 is 2.00 bits per heavy atom. The molecule has 0 aromatic carbocycles. The van der Waals surface area contributed by atoms with Crippen molar-refractivity contribution in [2.75, 3.05) is 26.7 Å². The number of hydrogen-bond donors (Lipinski definition) is 2. The van der Waals surface area contributed by atoms with Crippen LogP contribution in [0, 0.1) is 5.41 Å². The summed E-state index contributed by atoms with van der Waals surface area (Å²) in [5.74, 6) is 0. The monoisotopic (exact) mass is 203 g/mol. The van der Waals surface area contributed by atoms with E-state index in [0.717, 1.165) is 19.4 Å². The van der Waals surface area contributed by atoms with E-state index in [-0.39, 0.29) is 18.1 Å². The number of aliphatic hydroxyl groups is 2. The molecule has 86 valence electrons. The summed E-state index contributed by atoms with van der Waals surface area (Å²) < 4.78 is 0. The lowest BCUT2D eigenvalue weighted by Gasteiger charge is -2.32. The van der Waals surface area contributed by atoms with Gasteiger partial charge in [0, 0.05) is 25.1 Å². The molecule has 0 aromatic rings. The first-order chi connectivity index (χ1) is 6.43. The lowest BCUT2D eigenvalue weighted by atomic mass is 9.86. The Balaban J connectivity index is 4.02. The van der Waals surface area contributed by atoms with Crippen molar-refractivity contribution in [1.29, 1.82) is 0 Å². The fraction of sp³-hybridized carbons (Fsp3) is 1.00. The molecule has 0 bridgehead atoms. The first-order valence-corrected chi connectivity index (χ1v) is 5.41. The van der Waals surface area contributed by atoms with Gasteiger partial charge in [-0.3, -0.25) is 0 Å². The Morgan fingerprint density at radius 3 is 2.36 bits per heavy atom. The van der Waals surface area contributed by atoms with Gasteiger partial charge in [0.05, 0.1) is 6.10 Å². The van der Waals surface area contributed by atoms with Crippen LogP contribution in [0.15, 0.2) is 0 Å². The molecule has 2 N–H and O–H groups in total.